The minimum Gasteiger partial charge on any atom is -0.472 e. The van der Waals surface area contributed by atoms with Crippen LogP contribution in [0.4, 0.5) is 0 Å². The summed E-state index contributed by atoms with van der Waals surface area (Å²) in [6.07, 6.45) is 4.54. The van der Waals surface area contributed by atoms with Crippen LogP contribution >= 0.6 is 0 Å². The van der Waals surface area contributed by atoms with Crippen molar-refractivity contribution < 1.29 is 4.42 Å². The van der Waals surface area contributed by atoms with Gasteiger partial charge in [-0.25, -0.2) is 0 Å². The summed E-state index contributed by atoms with van der Waals surface area (Å²) in [5, 5.41) is 0. The fraction of sp³-hybridized carbons (Fsp3) is 0.636. The average Bonchev–Trinajstić information content (AvgIpc) is 2.50. The summed E-state index contributed by atoms with van der Waals surface area (Å²) in [4.78, 5) is 0. The standard InChI is InChI=1S/C11H19NO/c1-8(2)11(9(3)12)6-10-4-5-13-7-10/h4-5,7-9,11H,6,12H2,1-3H3. The summed E-state index contributed by atoms with van der Waals surface area (Å²) in [7, 11) is 0. The van der Waals surface area contributed by atoms with Crippen molar-refractivity contribution in [1.82, 2.24) is 0 Å². The number of hydrogen-bond donors (Lipinski definition) is 1. The lowest BCUT2D eigenvalue weighted by Gasteiger charge is -2.23. The first-order valence-corrected chi connectivity index (χ1v) is 4.88. The molecule has 0 fully saturated rings. The summed E-state index contributed by atoms with van der Waals surface area (Å²) < 4.78 is 5.03. The molecule has 1 aromatic rings. The van der Waals surface area contributed by atoms with Gasteiger partial charge in [-0.2, -0.15) is 0 Å². The summed E-state index contributed by atoms with van der Waals surface area (Å²) in [6, 6.07) is 2.26. The van der Waals surface area contributed by atoms with Crippen LogP contribution in [0.2, 0.25) is 0 Å². The van der Waals surface area contributed by atoms with Crippen LogP contribution in [0.3, 0.4) is 0 Å². The van der Waals surface area contributed by atoms with E-state index in [9.17, 15) is 0 Å². The molecule has 2 heteroatoms. The molecule has 0 amide bonds. The molecule has 2 atom stereocenters. The SMILES string of the molecule is CC(C)C(Cc1ccoc1)C(C)N. The highest BCUT2D eigenvalue weighted by molar-refractivity contribution is 5.07. The van der Waals surface area contributed by atoms with Gasteiger partial charge in [0.25, 0.3) is 0 Å². The zero-order valence-corrected chi connectivity index (χ0v) is 8.66. The molecule has 2 unspecified atom stereocenters. The number of furan rings is 1. The molecule has 0 spiro atoms. The van der Waals surface area contributed by atoms with Crippen LogP contribution in [0.25, 0.3) is 0 Å². The molecule has 0 aliphatic carbocycles. The Labute approximate surface area is 80.1 Å². The third-order valence-corrected chi connectivity index (χ3v) is 2.58. The third-order valence-electron chi connectivity index (χ3n) is 2.58. The summed E-state index contributed by atoms with van der Waals surface area (Å²) in [5.41, 5.74) is 7.17. The predicted molar refractivity (Wildman–Crippen MR) is 54.4 cm³/mol. The van der Waals surface area contributed by atoms with E-state index in [2.05, 4.69) is 20.8 Å². The summed E-state index contributed by atoms with van der Waals surface area (Å²) >= 11 is 0. The van der Waals surface area contributed by atoms with Crippen molar-refractivity contribution >= 4 is 0 Å². The van der Waals surface area contributed by atoms with E-state index < -0.39 is 0 Å². The molecule has 2 N–H and O–H groups in total. The highest BCUT2D eigenvalue weighted by Crippen LogP contribution is 2.19. The van der Waals surface area contributed by atoms with Crippen LogP contribution in [0.15, 0.2) is 23.0 Å². The number of nitrogens with two attached hydrogens (primary N) is 1. The van der Waals surface area contributed by atoms with Crippen molar-refractivity contribution in [2.24, 2.45) is 17.6 Å². The van der Waals surface area contributed by atoms with E-state index in [1.807, 2.05) is 6.07 Å². The second-order valence-corrected chi connectivity index (χ2v) is 4.10. The Hall–Kier alpha value is -0.760. The van der Waals surface area contributed by atoms with E-state index in [4.69, 9.17) is 10.2 Å². The molecule has 1 heterocycles. The molecule has 74 valence electrons. The van der Waals surface area contributed by atoms with E-state index in [-0.39, 0.29) is 6.04 Å². The van der Waals surface area contributed by atoms with Gasteiger partial charge in [-0.15, -0.1) is 0 Å². The van der Waals surface area contributed by atoms with Crippen molar-refractivity contribution in [2.75, 3.05) is 0 Å². The molecule has 0 saturated heterocycles. The topological polar surface area (TPSA) is 39.2 Å². The fourth-order valence-corrected chi connectivity index (χ4v) is 1.71. The van der Waals surface area contributed by atoms with Crippen molar-refractivity contribution in [1.29, 1.82) is 0 Å². The molecule has 0 aromatic carbocycles. The van der Waals surface area contributed by atoms with Gasteiger partial charge in [-0.1, -0.05) is 13.8 Å². The van der Waals surface area contributed by atoms with Gasteiger partial charge >= 0.3 is 0 Å². The Bertz CT molecular complexity index is 218. The molecule has 0 radical (unpaired) electrons. The Morgan fingerprint density at radius 2 is 2.08 bits per heavy atom. The lowest BCUT2D eigenvalue weighted by Crippen LogP contribution is -2.31. The van der Waals surface area contributed by atoms with Gasteiger partial charge < -0.3 is 10.2 Å². The molecule has 1 rings (SSSR count). The van der Waals surface area contributed by atoms with Gasteiger partial charge in [0.1, 0.15) is 0 Å². The highest BCUT2D eigenvalue weighted by Gasteiger charge is 2.18. The van der Waals surface area contributed by atoms with E-state index in [1.54, 1.807) is 12.5 Å². The van der Waals surface area contributed by atoms with Gasteiger partial charge in [0.15, 0.2) is 0 Å². The minimum absolute atomic E-state index is 0.245. The van der Waals surface area contributed by atoms with Crippen LogP contribution in [0.1, 0.15) is 26.3 Å². The quantitative estimate of drug-likeness (QED) is 0.775. The summed E-state index contributed by atoms with van der Waals surface area (Å²) in [6.45, 7) is 6.51. The van der Waals surface area contributed by atoms with Crippen LogP contribution in [0, 0.1) is 11.8 Å². The van der Waals surface area contributed by atoms with Gasteiger partial charge in [-0.05, 0) is 36.8 Å². The maximum Gasteiger partial charge on any atom is 0.0934 e. The summed E-state index contributed by atoms with van der Waals surface area (Å²) in [5.74, 6) is 1.16. The molecule has 13 heavy (non-hydrogen) atoms. The second kappa shape index (κ2) is 4.47. The second-order valence-electron chi connectivity index (χ2n) is 4.10. The Kier molecular flexibility index (Phi) is 3.55. The van der Waals surface area contributed by atoms with Crippen molar-refractivity contribution in [3.63, 3.8) is 0 Å². The van der Waals surface area contributed by atoms with Gasteiger partial charge in [0, 0.05) is 6.04 Å². The van der Waals surface area contributed by atoms with E-state index in [0.29, 0.717) is 11.8 Å². The van der Waals surface area contributed by atoms with Crippen LogP contribution < -0.4 is 5.73 Å². The van der Waals surface area contributed by atoms with Crippen molar-refractivity contribution in [3.8, 4) is 0 Å². The monoisotopic (exact) mass is 181 g/mol. The number of rotatable bonds is 4. The molecule has 0 aliphatic rings. The molecule has 1 aromatic heterocycles. The fourth-order valence-electron chi connectivity index (χ4n) is 1.71. The zero-order chi connectivity index (χ0) is 9.84. The van der Waals surface area contributed by atoms with Crippen LogP contribution in [-0.4, -0.2) is 6.04 Å². The van der Waals surface area contributed by atoms with Gasteiger partial charge in [0.2, 0.25) is 0 Å². The Morgan fingerprint density at radius 1 is 1.38 bits per heavy atom. The van der Waals surface area contributed by atoms with Crippen LogP contribution in [0.5, 0.6) is 0 Å². The van der Waals surface area contributed by atoms with Crippen LogP contribution in [-0.2, 0) is 6.42 Å². The predicted octanol–water partition coefficient (Wildman–Crippen LogP) is 2.44. The first kappa shape index (κ1) is 10.3. The maximum atomic E-state index is 5.92. The highest BCUT2D eigenvalue weighted by atomic mass is 16.3. The average molecular weight is 181 g/mol. The Morgan fingerprint density at radius 3 is 2.46 bits per heavy atom. The minimum atomic E-state index is 0.245. The lowest BCUT2D eigenvalue weighted by atomic mass is 9.85. The molecule has 2 nitrogen and oxygen atoms in total. The largest absolute Gasteiger partial charge is 0.472 e. The Balaban J connectivity index is 2.58. The third kappa shape index (κ3) is 2.88. The molecular weight excluding hydrogens is 162 g/mol. The first-order chi connectivity index (χ1) is 6.11. The van der Waals surface area contributed by atoms with E-state index in [0.717, 1.165) is 6.42 Å². The first-order valence-electron chi connectivity index (χ1n) is 4.88. The molecule has 0 bridgehead atoms. The molecule has 0 saturated carbocycles. The van der Waals surface area contributed by atoms with E-state index >= 15 is 0 Å². The zero-order valence-electron chi connectivity index (χ0n) is 8.66. The van der Waals surface area contributed by atoms with E-state index in [1.165, 1.54) is 5.56 Å². The van der Waals surface area contributed by atoms with Gasteiger partial charge in [-0.3, -0.25) is 0 Å². The van der Waals surface area contributed by atoms with Crippen molar-refractivity contribution in [3.05, 3.63) is 24.2 Å². The van der Waals surface area contributed by atoms with Crippen molar-refractivity contribution in [2.45, 2.75) is 33.2 Å². The molecule has 0 aliphatic heterocycles. The lowest BCUT2D eigenvalue weighted by molar-refractivity contribution is 0.329. The normalized spacial score (nSPS) is 16.1. The molecular formula is C11H19NO. The maximum absolute atomic E-state index is 5.92. The number of hydrogen-bond acceptors (Lipinski definition) is 2. The smallest absolute Gasteiger partial charge is 0.0934 e. The van der Waals surface area contributed by atoms with Gasteiger partial charge in [0.05, 0.1) is 12.5 Å².